The van der Waals surface area contributed by atoms with Crippen molar-refractivity contribution >= 4 is 6.09 Å². The van der Waals surface area contributed by atoms with Crippen LogP contribution in [0.2, 0.25) is 0 Å². The lowest BCUT2D eigenvalue weighted by molar-refractivity contribution is -0.0492. The van der Waals surface area contributed by atoms with Crippen LogP contribution >= 0.6 is 0 Å². The standard InChI is InChI=1S/C12H23NO4/c1-12(2,3)17-11(14)13-9(8-15-4)6-7-10(13)16-5/h9-10H,6-8H2,1-5H3/t9-,10+/m0/s1. The topological polar surface area (TPSA) is 48.0 Å². The first-order valence-electron chi connectivity index (χ1n) is 5.92. The molecular formula is C12H23NO4. The highest BCUT2D eigenvalue weighted by molar-refractivity contribution is 5.69. The first kappa shape index (κ1) is 14.3. The van der Waals surface area contributed by atoms with Gasteiger partial charge in [-0.3, -0.25) is 4.90 Å². The summed E-state index contributed by atoms with van der Waals surface area (Å²) < 4.78 is 15.8. The molecule has 0 N–H and O–H groups in total. The van der Waals surface area contributed by atoms with Crippen molar-refractivity contribution in [3.8, 4) is 0 Å². The van der Waals surface area contributed by atoms with Crippen LogP contribution in [0, 0.1) is 0 Å². The normalized spacial score (nSPS) is 25.1. The number of nitrogens with zero attached hydrogens (tertiary/aromatic N) is 1. The minimum absolute atomic E-state index is 0.0415. The third-order valence-electron chi connectivity index (χ3n) is 2.69. The van der Waals surface area contributed by atoms with Gasteiger partial charge in [0.1, 0.15) is 11.8 Å². The van der Waals surface area contributed by atoms with Crippen molar-refractivity contribution in [1.29, 1.82) is 0 Å². The van der Waals surface area contributed by atoms with E-state index in [0.717, 1.165) is 12.8 Å². The van der Waals surface area contributed by atoms with Gasteiger partial charge in [-0.2, -0.15) is 0 Å². The summed E-state index contributed by atoms with van der Waals surface area (Å²) in [5.41, 5.74) is -0.490. The van der Waals surface area contributed by atoms with E-state index in [9.17, 15) is 4.79 Å². The van der Waals surface area contributed by atoms with Crippen LogP contribution in [0.5, 0.6) is 0 Å². The van der Waals surface area contributed by atoms with Gasteiger partial charge < -0.3 is 14.2 Å². The largest absolute Gasteiger partial charge is 0.444 e. The average molecular weight is 245 g/mol. The molecule has 100 valence electrons. The zero-order valence-electron chi connectivity index (χ0n) is 11.4. The molecule has 0 aromatic carbocycles. The summed E-state index contributed by atoms with van der Waals surface area (Å²) in [6.45, 7) is 6.08. The van der Waals surface area contributed by atoms with E-state index >= 15 is 0 Å². The molecule has 1 heterocycles. The Bertz CT molecular complexity index is 262. The predicted molar refractivity (Wildman–Crippen MR) is 63.8 cm³/mol. The lowest BCUT2D eigenvalue weighted by atomic mass is 10.2. The van der Waals surface area contributed by atoms with E-state index in [2.05, 4.69) is 0 Å². The maximum atomic E-state index is 12.1. The predicted octanol–water partition coefficient (Wildman–Crippen LogP) is 2.00. The number of carbonyl (C=O) groups is 1. The van der Waals surface area contributed by atoms with Gasteiger partial charge in [-0.05, 0) is 33.6 Å². The Hall–Kier alpha value is -0.810. The number of methoxy groups -OCH3 is 2. The monoisotopic (exact) mass is 245 g/mol. The van der Waals surface area contributed by atoms with Gasteiger partial charge in [0.2, 0.25) is 0 Å². The maximum Gasteiger partial charge on any atom is 0.412 e. The highest BCUT2D eigenvalue weighted by Gasteiger charge is 2.39. The summed E-state index contributed by atoms with van der Waals surface area (Å²) in [7, 11) is 3.24. The minimum atomic E-state index is -0.490. The van der Waals surface area contributed by atoms with Crippen molar-refractivity contribution < 1.29 is 19.0 Å². The highest BCUT2D eigenvalue weighted by atomic mass is 16.6. The second-order valence-electron chi connectivity index (χ2n) is 5.26. The molecule has 5 heteroatoms. The molecule has 2 atom stereocenters. The summed E-state index contributed by atoms with van der Waals surface area (Å²) in [5, 5.41) is 0. The molecule has 1 aliphatic heterocycles. The van der Waals surface area contributed by atoms with Crippen molar-refractivity contribution in [1.82, 2.24) is 4.90 Å². The Morgan fingerprint density at radius 2 is 1.94 bits per heavy atom. The molecule has 1 saturated heterocycles. The number of rotatable bonds is 3. The molecule has 1 amide bonds. The van der Waals surface area contributed by atoms with Crippen LogP contribution in [0.15, 0.2) is 0 Å². The molecular weight excluding hydrogens is 222 g/mol. The van der Waals surface area contributed by atoms with Crippen LogP contribution in [0.1, 0.15) is 33.6 Å². The van der Waals surface area contributed by atoms with E-state index in [0.29, 0.717) is 6.61 Å². The van der Waals surface area contributed by atoms with Crippen LogP contribution in [-0.2, 0) is 14.2 Å². The second-order valence-corrected chi connectivity index (χ2v) is 5.26. The van der Waals surface area contributed by atoms with Gasteiger partial charge in [0, 0.05) is 14.2 Å². The first-order valence-corrected chi connectivity index (χ1v) is 5.92. The molecule has 1 aliphatic rings. The van der Waals surface area contributed by atoms with E-state index in [1.54, 1.807) is 19.1 Å². The fourth-order valence-corrected chi connectivity index (χ4v) is 2.02. The number of amides is 1. The zero-order chi connectivity index (χ0) is 13.1. The van der Waals surface area contributed by atoms with Crippen LogP contribution in [0.3, 0.4) is 0 Å². The van der Waals surface area contributed by atoms with Gasteiger partial charge in [-0.15, -0.1) is 0 Å². The lowest BCUT2D eigenvalue weighted by Gasteiger charge is -2.31. The Morgan fingerprint density at radius 3 is 2.41 bits per heavy atom. The van der Waals surface area contributed by atoms with Crippen molar-refractivity contribution in [2.45, 2.75) is 51.5 Å². The third kappa shape index (κ3) is 3.85. The summed E-state index contributed by atoms with van der Waals surface area (Å²) in [6.07, 6.45) is 1.17. The molecule has 0 unspecified atom stereocenters. The fraction of sp³-hybridized carbons (Fsp3) is 0.917. The Balaban J connectivity index is 2.70. The molecule has 5 nitrogen and oxygen atoms in total. The molecule has 0 spiro atoms. The van der Waals surface area contributed by atoms with E-state index in [4.69, 9.17) is 14.2 Å². The number of likely N-dealkylation sites (tertiary alicyclic amines) is 1. The molecule has 0 aromatic rings. The maximum absolute atomic E-state index is 12.1. The van der Waals surface area contributed by atoms with E-state index in [-0.39, 0.29) is 18.4 Å². The molecule has 0 saturated carbocycles. The Morgan fingerprint density at radius 1 is 1.29 bits per heavy atom. The Kier molecular flexibility index (Phi) is 4.77. The first-order chi connectivity index (χ1) is 7.89. The summed E-state index contributed by atoms with van der Waals surface area (Å²) in [4.78, 5) is 13.7. The van der Waals surface area contributed by atoms with Gasteiger partial charge in [0.05, 0.1) is 12.6 Å². The van der Waals surface area contributed by atoms with Gasteiger partial charge in [0.25, 0.3) is 0 Å². The second kappa shape index (κ2) is 5.69. The fourth-order valence-electron chi connectivity index (χ4n) is 2.02. The van der Waals surface area contributed by atoms with Crippen molar-refractivity contribution in [2.24, 2.45) is 0 Å². The van der Waals surface area contributed by atoms with Crippen molar-refractivity contribution in [3.05, 3.63) is 0 Å². The molecule has 0 bridgehead atoms. The smallest absolute Gasteiger partial charge is 0.412 e. The molecule has 17 heavy (non-hydrogen) atoms. The Labute approximate surface area is 103 Å². The molecule has 1 fully saturated rings. The van der Waals surface area contributed by atoms with E-state index < -0.39 is 5.60 Å². The summed E-state index contributed by atoms with van der Waals surface area (Å²) in [5.74, 6) is 0. The highest BCUT2D eigenvalue weighted by Crippen LogP contribution is 2.27. The van der Waals surface area contributed by atoms with E-state index in [1.807, 2.05) is 20.8 Å². The van der Waals surface area contributed by atoms with Gasteiger partial charge in [0.15, 0.2) is 0 Å². The summed E-state index contributed by atoms with van der Waals surface area (Å²) >= 11 is 0. The van der Waals surface area contributed by atoms with Gasteiger partial charge >= 0.3 is 6.09 Å². The SMILES string of the molecule is COC[C@@H]1CC[C@@H](OC)N1C(=O)OC(C)(C)C. The number of hydrogen-bond donors (Lipinski definition) is 0. The van der Waals surface area contributed by atoms with Crippen molar-refractivity contribution in [3.63, 3.8) is 0 Å². The van der Waals surface area contributed by atoms with Gasteiger partial charge in [-0.25, -0.2) is 4.79 Å². The van der Waals surface area contributed by atoms with Crippen LogP contribution < -0.4 is 0 Å². The van der Waals surface area contributed by atoms with Crippen molar-refractivity contribution in [2.75, 3.05) is 20.8 Å². The number of hydrogen-bond acceptors (Lipinski definition) is 4. The molecule has 1 rings (SSSR count). The summed E-state index contributed by atoms with van der Waals surface area (Å²) in [6, 6.07) is 0.0415. The lowest BCUT2D eigenvalue weighted by Crippen LogP contribution is -2.46. The van der Waals surface area contributed by atoms with Crippen LogP contribution in [0.25, 0.3) is 0 Å². The van der Waals surface area contributed by atoms with Crippen LogP contribution in [-0.4, -0.2) is 49.7 Å². The zero-order valence-corrected chi connectivity index (χ0v) is 11.4. The van der Waals surface area contributed by atoms with Crippen LogP contribution in [0.4, 0.5) is 4.79 Å². The number of carbonyl (C=O) groups excluding carboxylic acids is 1. The minimum Gasteiger partial charge on any atom is -0.444 e. The molecule has 0 aliphatic carbocycles. The van der Waals surface area contributed by atoms with E-state index in [1.165, 1.54) is 0 Å². The third-order valence-corrected chi connectivity index (χ3v) is 2.69. The van der Waals surface area contributed by atoms with Gasteiger partial charge in [-0.1, -0.05) is 0 Å². The molecule has 0 radical (unpaired) electrons. The molecule has 0 aromatic heterocycles. The quantitative estimate of drug-likeness (QED) is 0.763. The average Bonchev–Trinajstić information content (AvgIpc) is 2.58. The number of ether oxygens (including phenoxy) is 3.